The number of rotatable bonds is 10. The average Bonchev–Trinajstić information content (AvgIpc) is 3.75. The van der Waals surface area contributed by atoms with Gasteiger partial charge in [0.1, 0.15) is 0 Å². The molecule has 0 saturated heterocycles. The Morgan fingerprint density at radius 3 is 1.88 bits per heavy atom. The van der Waals surface area contributed by atoms with Crippen LogP contribution in [0.3, 0.4) is 0 Å². The number of benzene rings is 7. The summed E-state index contributed by atoms with van der Waals surface area (Å²) in [5.41, 5.74) is 15.7. The van der Waals surface area contributed by atoms with E-state index in [0.29, 0.717) is 0 Å². The first-order valence-corrected chi connectivity index (χ1v) is 28.2. The van der Waals surface area contributed by atoms with Crippen LogP contribution in [0.15, 0.2) is 194 Å². The zero-order valence-electron chi connectivity index (χ0n) is 39.1. The fraction of sp³-hybridized carbons (Fsp3) is 0.175. The first-order valence-electron chi connectivity index (χ1n) is 23.9. The number of hydrogen-bond acceptors (Lipinski definition) is 3. The van der Waals surface area contributed by atoms with E-state index in [1.807, 2.05) is 17.5 Å². The van der Waals surface area contributed by atoms with Gasteiger partial charge in [0.25, 0.3) is 0 Å². The summed E-state index contributed by atoms with van der Waals surface area (Å²) in [7, 11) is -1.41. The zero-order chi connectivity index (χ0) is 45.6. The fourth-order valence-corrected chi connectivity index (χ4v) is 12.5. The summed E-state index contributed by atoms with van der Waals surface area (Å²) in [6.45, 7) is 7.32. The molecule has 1 aliphatic rings. The Hall–Kier alpha value is -6.07. The number of nitrogens with zero attached hydrogens (tertiary/aromatic N) is 2. The third-order valence-corrected chi connectivity index (χ3v) is 16.5. The van der Waals surface area contributed by atoms with Gasteiger partial charge < -0.3 is 9.97 Å². The van der Waals surface area contributed by atoms with Gasteiger partial charge in [-0.1, -0.05) is 213 Å². The quantitative estimate of drug-likeness (QED) is 0.101. The molecule has 0 unspecified atom stereocenters. The van der Waals surface area contributed by atoms with E-state index in [0.717, 1.165) is 34.9 Å². The Morgan fingerprint density at radius 2 is 1.18 bits per heavy atom. The van der Waals surface area contributed by atoms with Crippen LogP contribution in [0.4, 0.5) is 0 Å². The standard InChI is InChI=1S/C36H24NS.C27H32NSi.Ir/c1-3-9-25(10-4-1)21-26-19-20-37-34(22-26)29-16-18-35-33(23-29)32-17-15-28(24-36(32)38-35)31-14-8-7-13-30(31)27-11-5-2-6-12-27;1-29(2,3)27-20-28-26(19-25(27)18-21-10-6-4-7-11-21)24-16-14-23(15-17-24)22-12-8-5-9-13-22;/h1-15,17-20,22-24H,21H2;5,8-9,12-16,19-21H,4,6-7,10-11,18H2,1-3H3;/q2*-1;. The molecule has 5 heteroatoms. The van der Waals surface area contributed by atoms with Crippen molar-refractivity contribution >= 4 is 44.8 Å². The van der Waals surface area contributed by atoms with Crippen LogP contribution in [-0.2, 0) is 32.9 Å². The Bertz CT molecular complexity index is 3240. The molecule has 11 rings (SSSR count). The molecule has 3 heterocycles. The molecule has 1 fully saturated rings. The van der Waals surface area contributed by atoms with Gasteiger partial charge in [-0.2, -0.15) is 11.3 Å². The maximum Gasteiger partial charge on any atom is 0.0798 e. The topological polar surface area (TPSA) is 25.8 Å². The van der Waals surface area contributed by atoms with Gasteiger partial charge in [0.2, 0.25) is 0 Å². The zero-order valence-corrected chi connectivity index (χ0v) is 43.3. The second-order valence-electron chi connectivity index (χ2n) is 19.1. The van der Waals surface area contributed by atoms with E-state index in [1.54, 1.807) is 5.56 Å². The molecular formula is C63H56IrN2SSi-2. The van der Waals surface area contributed by atoms with Crippen LogP contribution in [0.5, 0.6) is 0 Å². The molecule has 0 amide bonds. The van der Waals surface area contributed by atoms with E-state index in [-0.39, 0.29) is 20.1 Å². The summed E-state index contributed by atoms with van der Waals surface area (Å²) in [4.78, 5) is 9.56. The van der Waals surface area contributed by atoms with Gasteiger partial charge in [0, 0.05) is 37.2 Å². The Labute approximate surface area is 421 Å². The van der Waals surface area contributed by atoms with Crippen LogP contribution in [0.25, 0.3) is 76.1 Å². The van der Waals surface area contributed by atoms with Gasteiger partial charge in [-0.15, -0.1) is 53.6 Å². The SMILES string of the molecule is C[Si](C)(C)c1cnc(-c2[c-]cc(-c3ccccc3)cc2)cc1CC1CCCCC1.[Ir].[c-]1cc2sc3cc(-c4ccccc4-c4ccccc4)ccc3c2cc1-c1cc(Cc2ccccc2)ccn1. The number of aromatic nitrogens is 2. The molecule has 7 aromatic carbocycles. The molecular weight excluding hydrogens is 1040 g/mol. The van der Waals surface area contributed by atoms with Crippen molar-refractivity contribution in [1.29, 1.82) is 0 Å². The van der Waals surface area contributed by atoms with Crippen LogP contribution in [-0.4, -0.2) is 18.0 Å². The summed E-state index contributed by atoms with van der Waals surface area (Å²) >= 11 is 1.83. The first-order chi connectivity index (χ1) is 32.8. The van der Waals surface area contributed by atoms with E-state index in [2.05, 4.69) is 225 Å². The smallest absolute Gasteiger partial charge is 0.0798 e. The van der Waals surface area contributed by atoms with E-state index in [4.69, 9.17) is 4.98 Å². The van der Waals surface area contributed by atoms with Gasteiger partial charge in [0.15, 0.2) is 0 Å². The maximum atomic E-state index is 4.88. The van der Waals surface area contributed by atoms with Crippen molar-refractivity contribution in [1.82, 2.24) is 9.97 Å². The fourth-order valence-electron chi connectivity index (χ4n) is 9.79. The Balaban J connectivity index is 0.000000174. The summed E-state index contributed by atoms with van der Waals surface area (Å²) in [5, 5.41) is 4.08. The van der Waals surface area contributed by atoms with E-state index < -0.39 is 8.07 Å². The molecule has 1 radical (unpaired) electrons. The van der Waals surface area contributed by atoms with Gasteiger partial charge in [0.05, 0.1) is 8.07 Å². The van der Waals surface area contributed by atoms with E-state index in [9.17, 15) is 0 Å². The molecule has 0 aliphatic heterocycles. The monoisotopic (exact) mass is 1090 g/mol. The Kier molecular flexibility index (Phi) is 14.8. The molecule has 68 heavy (non-hydrogen) atoms. The van der Waals surface area contributed by atoms with Gasteiger partial charge in [-0.25, -0.2) is 0 Å². The minimum atomic E-state index is -1.41. The van der Waals surface area contributed by atoms with E-state index >= 15 is 0 Å². The molecule has 3 aromatic heterocycles. The van der Waals surface area contributed by atoms with Crippen LogP contribution < -0.4 is 5.19 Å². The minimum absolute atomic E-state index is 0. The van der Waals surface area contributed by atoms with Crippen molar-refractivity contribution in [3.63, 3.8) is 0 Å². The first kappa shape index (κ1) is 47.0. The number of pyridine rings is 2. The molecule has 1 saturated carbocycles. The largest absolute Gasteiger partial charge is 0.305 e. The minimum Gasteiger partial charge on any atom is -0.305 e. The van der Waals surface area contributed by atoms with Crippen molar-refractivity contribution in [2.24, 2.45) is 5.92 Å². The molecule has 339 valence electrons. The predicted molar refractivity (Wildman–Crippen MR) is 289 cm³/mol. The molecule has 0 atom stereocenters. The van der Waals surface area contributed by atoms with Gasteiger partial charge >= 0.3 is 0 Å². The van der Waals surface area contributed by atoms with Gasteiger partial charge in [-0.3, -0.25) is 0 Å². The van der Waals surface area contributed by atoms with Crippen molar-refractivity contribution in [3.05, 3.63) is 223 Å². The number of thiophene rings is 1. The molecule has 10 aromatic rings. The molecule has 1 aliphatic carbocycles. The van der Waals surface area contributed by atoms with Crippen molar-refractivity contribution in [2.45, 2.75) is 64.6 Å². The normalized spacial score (nSPS) is 12.9. The van der Waals surface area contributed by atoms with Crippen LogP contribution in [0.2, 0.25) is 19.6 Å². The van der Waals surface area contributed by atoms with Crippen molar-refractivity contribution in [2.75, 3.05) is 0 Å². The van der Waals surface area contributed by atoms with Gasteiger partial charge in [-0.05, 0) is 90.9 Å². The molecule has 0 N–H and O–H groups in total. The third-order valence-electron chi connectivity index (χ3n) is 13.3. The summed E-state index contributed by atoms with van der Waals surface area (Å²) in [5.74, 6) is 0.846. The summed E-state index contributed by atoms with van der Waals surface area (Å²) in [6.07, 6.45) is 13.2. The van der Waals surface area contributed by atoms with E-state index in [1.165, 1.54) is 108 Å². The van der Waals surface area contributed by atoms with Crippen molar-refractivity contribution in [3.8, 4) is 55.9 Å². The molecule has 0 bridgehead atoms. The van der Waals surface area contributed by atoms with Crippen molar-refractivity contribution < 1.29 is 20.1 Å². The number of fused-ring (bicyclic) bond motifs is 3. The number of hydrogen-bond donors (Lipinski definition) is 0. The average molecular weight is 1090 g/mol. The molecule has 0 spiro atoms. The third kappa shape index (κ3) is 10.9. The second kappa shape index (κ2) is 21.5. The van der Waals surface area contributed by atoms with Crippen LogP contribution in [0, 0.1) is 18.1 Å². The maximum absolute atomic E-state index is 4.88. The summed E-state index contributed by atoms with van der Waals surface area (Å²) < 4.78 is 2.54. The second-order valence-corrected chi connectivity index (χ2v) is 25.2. The predicted octanol–water partition coefficient (Wildman–Crippen LogP) is 16.7. The summed E-state index contributed by atoms with van der Waals surface area (Å²) in [6, 6.07) is 71.7. The Morgan fingerprint density at radius 1 is 0.529 bits per heavy atom. The molecule has 2 nitrogen and oxygen atoms in total. The van der Waals surface area contributed by atoms with Crippen LogP contribution >= 0.6 is 11.3 Å². The van der Waals surface area contributed by atoms with Crippen LogP contribution in [0.1, 0.15) is 48.8 Å².